The van der Waals surface area contributed by atoms with Crippen molar-refractivity contribution in [2.45, 2.75) is 13.0 Å². The Bertz CT molecular complexity index is 637. The Hall–Kier alpha value is -2.33. The molecule has 4 nitrogen and oxygen atoms in total. The van der Waals surface area contributed by atoms with Gasteiger partial charge in [0.15, 0.2) is 0 Å². The van der Waals surface area contributed by atoms with Crippen molar-refractivity contribution in [2.75, 3.05) is 20.8 Å². The number of likely N-dealkylation sites (N-methyl/N-ethyl adjacent to an activating group) is 1. The first-order chi connectivity index (χ1) is 10.6. The Morgan fingerprint density at radius 3 is 2.36 bits per heavy atom. The fourth-order valence-corrected chi connectivity index (χ4v) is 2.42. The molecule has 1 N–H and O–H groups in total. The summed E-state index contributed by atoms with van der Waals surface area (Å²) >= 11 is 0. The van der Waals surface area contributed by atoms with Gasteiger partial charge in [-0.2, -0.15) is 0 Å². The lowest BCUT2D eigenvalue weighted by Crippen LogP contribution is -2.33. The number of rotatable bonds is 5. The number of aliphatic hydroxyl groups excluding tert-OH is 1. The van der Waals surface area contributed by atoms with Gasteiger partial charge in [-0.3, -0.25) is 4.79 Å². The molecule has 4 heteroatoms. The number of benzene rings is 2. The highest BCUT2D eigenvalue weighted by Crippen LogP contribution is 2.24. The predicted octanol–water partition coefficient (Wildman–Crippen LogP) is 2.81. The number of nitrogens with zero attached hydrogens (tertiary/aromatic N) is 1. The number of hydrogen-bond acceptors (Lipinski definition) is 3. The number of methoxy groups -OCH3 is 1. The van der Waals surface area contributed by atoms with Crippen LogP contribution < -0.4 is 4.74 Å². The van der Waals surface area contributed by atoms with E-state index in [4.69, 9.17) is 4.74 Å². The SMILES string of the molecule is COc1ccc(C(CO)N(C)C(=O)c2ccccc2C)cc1. The highest BCUT2D eigenvalue weighted by Gasteiger charge is 2.23. The summed E-state index contributed by atoms with van der Waals surface area (Å²) in [7, 11) is 3.31. The zero-order chi connectivity index (χ0) is 16.1. The van der Waals surface area contributed by atoms with Gasteiger partial charge in [0.25, 0.3) is 5.91 Å². The van der Waals surface area contributed by atoms with Crippen LogP contribution in [0.15, 0.2) is 48.5 Å². The molecule has 1 unspecified atom stereocenters. The summed E-state index contributed by atoms with van der Waals surface area (Å²) < 4.78 is 5.13. The molecule has 1 atom stereocenters. The van der Waals surface area contributed by atoms with E-state index in [1.165, 1.54) is 0 Å². The van der Waals surface area contributed by atoms with Crippen molar-refractivity contribution in [3.8, 4) is 5.75 Å². The average Bonchev–Trinajstić information content (AvgIpc) is 2.56. The van der Waals surface area contributed by atoms with E-state index in [0.717, 1.165) is 16.9 Å². The van der Waals surface area contributed by atoms with Gasteiger partial charge in [0.1, 0.15) is 5.75 Å². The molecule has 0 aliphatic rings. The van der Waals surface area contributed by atoms with Crippen LogP contribution in [0.25, 0.3) is 0 Å². The Morgan fingerprint density at radius 2 is 1.82 bits per heavy atom. The zero-order valence-electron chi connectivity index (χ0n) is 13.1. The summed E-state index contributed by atoms with van der Waals surface area (Å²) in [6, 6.07) is 14.4. The van der Waals surface area contributed by atoms with Crippen LogP contribution in [0.3, 0.4) is 0 Å². The normalized spacial score (nSPS) is 11.8. The van der Waals surface area contributed by atoms with E-state index >= 15 is 0 Å². The van der Waals surface area contributed by atoms with Gasteiger partial charge in [0, 0.05) is 12.6 Å². The van der Waals surface area contributed by atoms with Crippen LogP contribution in [0.4, 0.5) is 0 Å². The topological polar surface area (TPSA) is 49.8 Å². The lowest BCUT2D eigenvalue weighted by atomic mass is 10.0. The Balaban J connectivity index is 2.26. The highest BCUT2D eigenvalue weighted by molar-refractivity contribution is 5.95. The molecule has 2 aromatic rings. The van der Waals surface area contributed by atoms with E-state index in [0.29, 0.717) is 5.56 Å². The average molecular weight is 299 g/mol. The van der Waals surface area contributed by atoms with Crippen molar-refractivity contribution >= 4 is 5.91 Å². The summed E-state index contributed by atoms with van der Waals surface area (Å²) in [5.74, 6) is 0.640. The van der Waals surface area contributed by atoms with Crippen LogP contribution >= 0.6 is 0 Å². The van der Waals surface area contributed by atoms with Crippen LogP contribution in [0.5, 0.6) is 5.75 Å². The van der Waals surface area contributed by atoms with Crippen LogP contribution in [0, 0.1) is 6.92 Å². The third-order valence-corrected chi connectivity index (χ3v) is 3.84. The molecule has 0 spiro atoms. The maximum absolute atomic E-state index is 12.7. The number of aryl methyl sites for hydroxylation is 1. The van der Waals surface area contributed by atoms with E-state index < -0.39 is 6.04 Å². The van der Waals surface area contributed by atoms with Crippen molar-refractivity contribution in [1.82, 2.24) is 4.90 Å². The van der Waals surface area contributed by atoms with Crippen molar-refractivity contribution in [3.63, 3.8) is 0 Å². The molecule has 0 aromatic heterocycles. The minimum absolute atomic E-state index is 0.104. The maximum Gasteiger partial charge on any atom is 0.254 e. The van der Waals surface area contributed by atoms with E-state index in [9.17, 15) is 9.90 Å². The summed E-state index contributed by atoms with van der Waals surface area (Å²) in [5, 5.41) is 9.72. The molecule has 0 heterocycles. The van der Waals surface area contributed by atoms with Gasteiger partial charge in [-0.1, -0.05) is 30.3 Å². The molecule has 0 bridgehead atoms. The number of carbonyl (C=O) groups is 1. The minimum Gasteiger partial charge on any atom is -0.497 e. The first-order valence-electron chi connectivity index (χ1n) is 7.16. The second-order valence-corrected chi connectivity index (χ2v) is 5.20. The van der Waals surface area contributed by atoms with Gasteiger partial charge in [0.05, 0.1) is 19.8 Å². The van der Waals surface area contributed by atoms with Gasteiger partial charge in [0.2, 0.25) is 0 Å². The van der Waals surface area contributed by atoms with E-state index in [1.807, 2.05) is 49.4 Å². The standard InChI is InChI=1S/C18H21NO3/c1-13-6-4-5-7-16(13)18(21)19(2)17(12-20)14-8-10-15(22-3)11-9-14/h4-11,17,20H,12H2,1-3H3. The second kappa shape index (κ2) is 7.09. The Labute approximate surface area is 131 Å². The number of amides is 1. The smallest absolute Gasteiger partial charge is 0.254 e. The van der Waals surface area contributed by atoms with E-state index in [1.54, 1.807) is 25.1 Å². The molecule has 0 fully saturated rings. The number of ether oxygens (including phenoxy) is 1. The fourth-order valence-electron chi connectivity index (χ4n) is 2.42. The quantitative estimate of drug-likeness (QED) is 0.923. The van der Waals surface area contributed by atoms with E-state index in [2.05, 4.69) is 0 Å². The van der Waals surface area contributed by atoms with Crippen molar-refractivity contribution in [1.29, 1.82) is 0 Å². The third kappa shape index (κ3) is 3.28. The first-order valence-corrected chi connectivity index (χ1v) is 7.16. The fraction of sp³-hybridized carbons (Fsp3) is 0.278. The Morgan fingerprint density at radius 1 is 1.18 bits per heavy atom. The van der Waals surface area contributed by atoms with Crippen LogP contribution in [0.1, 0.15) is 27.5 Å². The van der Waals surface area contributed by atoms with Crippen LogP contribution in [-0.2, 0) is 0 Å². The largest absolute Gasteiger partial charge is 0.497 e. The van der Waals surface area contributed by atoms with Crippen molar-refractivity contribution in [2.24, 2.45) is 0 Å². The minimum atomic E-state index is -0.391. The molecule has 0 saturated heterocycles. The lowest BCUT2D eigenvalue weighted by Gasteiger charge is -2.27. The van der Waals surface area contributed by atoms with Crippen LogP contribution in [-0.4, -0.2) is 36.7 Å². The zero-order valence-corrected chi connectivity index (χ0v) is 13.1. The maximum atomic E-state index is 12.7. The first kappa shape index (κ1) is 16.0. The molecule has 116 valence electrons. The van der Waals surface area contributed by atoms with Gasteiger partial charge in [-0.05, 0) is 36.2 Å². The third-order valence-electron chi connectivity index (χ3n) is 3.84. The second-order valence-electron chi connectivity index (χ2n) is 5.20. The summed E-state index contributed by atoms with van der Waals surface area (Å²) in [5.41, 5.74) is 2.44. The summed E-state index contributed by atoms with van der Waals surface area (Å²) in [6.07, 6.45) is 0. The molecular formula is C18H21NO3. The van der Waals surface area contributed by atoms with Gasteiger partial charge < -0.3 is 14.7 Å². The molecule has 0 saturated carbocycles. The lowest BCUT2D eigenvalue weighted by molar-refractivity contribution is 0.0658. The molecule has 0 aliphatic carbocycles. The molecule has 0 radical (unpaired) electrons. The van der Waals surface area contributed by atoms with Gasteiger partial charge in [-0.25, -0.2) is 0 Å². The monoisotopic (exact) mass is 299 g/mol. The van der Waals surface area contributed by atoms with E-state index in [-0.39, 0.29) is 12.5 Å². The molecule has 2 aromatic carbocycles. The molecule has 1 amide bonds. The molecular weight excluding hydrogens is 278 g/mol. The molecule has 22 heavy (non-hydrogen) atoms. The van der Waals surface area contributed by atoms with Gasteiger partial charge in [-0.15, -0.1) is 0 Å². The molecule has 2 rings (SSSR count). The predicted molar refractivity (Wildman–Crippen MR) is 86.1 cm³/mol. The number of aliphatic hydroxyl groups is 1. The van der Waals surface area contributed by atoms with Crippen molar-refractivity contribution < 1.29 is 14.6 Å². The Kier molecular flexibility index (Phi) is 5.17. The molecule has 0 aliphatic heterocycles. The van der Waals surface area contributed by atoms with Crippen molar-refractivity contribution in [3.05, 3.63) is 65.2 Å². The summed E-state index contributed by atoms with van der Waals surface area (Å²) in [4.78, 5) is 14.2. The van der Waals surface area contributed by atoms with Crippen LogP contribution in [0.2, 0.25) is 0 Å². The number of hydrogen-bond donors (Lipinski definition) is 1. The number of carbonyl (C=O) groups excluding carboxylic acids is 1. The van der Waals surface area contributed by atoms with Gasteiger partial charge >= 0.3 is 0 Å². The highest BCUT2D eigenvalue weighted by atomic mass is 16.5. The summed E-state index contributed by atoms with van der Waals surface area (Å²) in [6.45, 7) is 1.77.